The summed E-state index contributed by atoms with van der Waals surface area (Å²) >= 11 is 0. The molecule has 4 saturated carbocycles. The Bertz CT molecular complexity index is 459. The van der Waals surface area contributed by atoms with Crippen LogP contribution in [0.5, 0.6) is 0 Å². The maximum absolute atomic E-state index is 2.73. The predicted molar refractivity (Wildman–Crippen MR) is 104 cm³/mol. The molecule has 0 radical (unpaired) electrons. The van der Waals surface area contributed by atoms with E-state index in [-0.39, 0.29) is 17.0 Å². The largest absolute Gasteiger partial charge is 1.00 e. The Morgan fingerprint density at radius 3 is 2.36 bits per heavy atom. The molecule has 4 aliphatic rings. The van der Waals surface area contributed by atoms with Crippen molar-refractivity contribution in [3.8, 4) is 0 Å². The molecule has 0 heterocycles. The van der Waals surface area contributed by atoms with E-state index >= 15 is 0 Å². The van der Waals surface area contributed by atoms with E-state index in [2.05, 4.69) is 27.7 Å². The van der Waals surface area contributed by atoms with E-state index in [4.69, 9.17) is 0 Å². The predicted octanol–water partition coefficient (Wildman–Crippen LogP) is 4.48. The molecular formula is C24H42Br-. The first-order valence-corrected chi connectivity index (χ1v) is 11.5. The minimum Gasteiger partial charge on any atom is -1.00 e. The van der Waals surface area contributed by atoms with Gasteiger partial charge in [0.05, 0.1) is 0 Å². The molecule has 4 rings (SSSR count). The Balaban J connectivity index is 0.00000182. The van der Waals surface area contributed by atoms with Gasteiger partial charge >= 0.3 is 0 Å². The smallest absolute Gasteiger partial charge is 0.0264 e. The van der Waals surface area contributed by atoms with Gasteiger partial charge in [0.2, 0.25) is 0 Å². The Hall–Kier alpha value is 0.480. The fraction of sp³-hybridized carbons (Fsp3) is 1.00. The highest BCUT2D eigenvalue weighted by Crippen LogP contribution is 2.68. The van der Waals surface area contributed by atoms with Crippen LogP contribution in [-0.4, -0.2) is 0 Å². The molecule has 4 aliphatic carbocycles. The fourth-order valence-corrected chi connectivity index (χ4v) is 8.93. The molecule has 4 fully saturated rings. The van der Waals surface area contributed by atoms with Crippen molar-refractivity contribution in [3.05, 3.63) is 0 Å². The summed E-state index contributed by atoms with van der Waals surface area (Å²) in [7, 11) is 0. The average molecular weight is 411 g/mol. The van der Waals surface area contributed by atoms with Gasteiger partial charge in [-0.3, -0.25) is 0 Å². The molecule has 8 atom stereocenters. The van der Waals surface area contributed by atoms with Crippen LogP contribution in [0.25, 0.3) is 0 Å². The first-order valence-electron chi connectivity index (χ1n) is 11.5. The van der Waals surface area contributed by atoms with Crippen molar-refractivity contribution in [1.82, 2.24) is 0 Å². The molecule has 0 nitrogen and oxygen atoms in total. The fourth-order valence-electron chi connectivity index (χ4n) is 8.93. The van der Waals surface area contributed by atoms with Crippen LogP contribution in [0.4, 0.5) is 0 Å². The maximum Gasteiger partial charge on any atom is -0.0264 e. The van der Waals surface area contributed by atoms with E-state index in [0.29, 0.717) is 5.41 Å². The molecule has 0 spiro atoms. The molecule has 25 heavy (non-hydrogen) atoms. The zero-order chi connectivity index (χ0) is 16.9. The number of halogens is 1. The quantitative estimate of drug-likeness (QED) is 0.644. The standard InChI is InChI=1S/C24H42.BrH/c1-5-8-17(2)20-12-13-21-19-11-10-18-9-6-7-15-23(18,3)22(19)14-16-24(20,21)4;/h17-22H,5-16H2,1-4H3;1H/p-1/t17-,18+,19+,20-,21+,22+,23+,24-;/m1./s1. The average Bonchev–Trinajstić information content (AvgIpc) is 2.92. The van der Waals surface area contributed by atoms with Crippen LogP contribution in [0.2, 0.25) is 0 Å². The summed E-state index contributed by atoms with van der Waals surface area (Å²) < 4.78 is 0. The van der Waals surface area contributed by atoms with Crippen molar-refractivity contribution in [3.63, 3.8) is 0 Å². The summed E-state index contributed by atoms with van der Waals surface area (Å²) in [6.07, 6.45) is 18.4. The lowest BCUT2D eigenvalue weighted by Gasteiger charge is -2.61. The minimum absolute atomic E-state index is 0. The summed E-state index contributed by atoms with van der Waals surface area (Å²) in [5.74, 6) is 6.30. The van der Waals surface area contributed by atoms with Crippen LogP contribution in [-0.2, 0) is 0 Å². The number of hydrogen-bond donors (Lipinski definition) is 0. The summed E-state index contributed by atoms with van der Waals surface area (Å²) in [5, 5.41) is 0. The summed E-state index contributed by atoms with van der Waals surface area (Å²) in [5.41, 5.74) is 1.41. The lowest BCUT2D eigenvalue weighted by Crippen LogP contribution is -3.00. The lowest BCUT2D eigenvalue weighted by molar-refractivity contribution is -0.114. The van der Waals surface area contributed by atoms with Gasteiger partial charge in [0.1, 0.15) is 0 Å². The molecule has 0 saturated heterocycles. The van der Waals surface area contributed by atoms with Crippen molar-refractivity contribution in [2.75, 3.05) is 0 Å². The van der Waals surface area contributed by atoms with Crippen LogP contribution in [0.1, 0.15) is 105 Å². The number of hydrogen-bond acceptors (Lipinski definition) is 0. The molecule has 0 N–H and O–H groups in total. The van der Waals surface area contributed by atoms with E-state index in [1.54, 1.807) is 51.4 Å². The van der Waals surface area contributed by atoms with Crippen molar-refractivity contribution < 1.29 is 17.0 Å². The Labute approximate surface area is 168 Å². The van der Waals surface area contributed by atoms with Gasteiger partial charge in [-0.1, -0.05) is 53.4 Å². The van der Waals surface area contributed by atoms with E-state index in [0.717, 1.165) is 40.9 Å². The van der Waals surface area contributed by atoms with Crippen molar-refractivity contribution in [1.29, 1.82) is 0 Å². The van der Waals surface area contributed by atoms with Gasteiger partial charge in [-0.2, -0.15) is 0 Å². The highest BCUT2D eigenvalue weighted by molar-refractivity contribution is 5.09. The highest BCUT2D eigenvalue weighted by Gasteiger charge is 2.59. The van der Waals surface area contributed by atoms with E-state index in [9.17, 15) is 0 Å². The molecule has 0 aromatic carbocycles. The third kappa shape index (κ3) is 3.07. The molecule has 1 heteroatoms. The molecular weight excluding hydrogens is 368 g/mol. The summed E-state index contributed by atoms with van der Waals surface area (Å²) in [4.78, 5) is 0. The maximum atomic E-state index is 2.73. The summed E-state index contributed by atoms with van der Waals surface area (Å²) in [6, 6.07) is 0. The van der Waals surface area contributed by atoms with Gasteiger partial charge in [0.15, 0.2) is 0 Å². The monoisotopic (exact) mass is 409 g/mol. The van der Waals surface area contributed by atoms with Gasteiger partial charge in [-0.25, -0.2) is 0 Å². The molecule has 146 valence electrons. The molecule has 0 aromatic rings. The van der Waals surface area contributed by atoms with Crippen LogP contribution < -0.4 is 17.0 Å². The van der Waals surface area contributed by atoms with Crippen LogP contribution >= 0.6 is 0 Å². The number of fused-ring (bicyclic) bond motifs is 5. The SMILES string of the molecule is CCC[C@@H](C)[C@H]1CC[C@H]2[C@@H]3CC[C@@H]4CCCC[C@]4(C)[C@H]3CC[C@]12C.[Br-]. The lowest BCUT2D eigenvalue weighted by atomic mass is 9.44. The second kappa shape index (κ2) is 7.48. The molecule has 0 aromatic heterocycles. The van der Waals surface area contributed by atoms with Gasteiger partial charge in [-0.15, -0.1) is 0 Å². The van der Waals surface area contributed by atoms with Crippen molar-refractivity contribution in [2.45, 2.75) is 105 Å². The second-order valence-electron chi connectivity index (χ2n) is 10.9. The van der Waals surface area contributed by atoms with Gasteiger partial charge in [0.25, 0.3) is 0 Å². The second-order valence-corrected chi connectivity index (χ2v) is 10.9. The minimum atomic E-state index is 0. The van der Waals surface area contributed by atoms with Gasteiger partial charge < -0.3 is 17.0 Å². The highest BCUT2D eigenvalue weighted by atomic mass is 79.9. The summed E-state index contributed by atoms with van der Waals surface area (Å²) in [6.45, 7) is 10.4. The van der Waals surface area contributed by atoms with Crippen LogP contribution in [0.3, 0.4) is 0 Å². The van der Waals surface area contributed by atoms with Crippen LogP contribution in [0.15, 0.2) is 0 Å². The Kier molecular flexibility index (Phi) is 6.05. The van der Waals surface area contributed by atoms with E-state index < -0.39 is 0 Å². The van der Waals surface area contributed by atoms with Gasteiger partial charge in [0, 0.05) is 0 Å². The van der Waals surface area contributed by atoms with Gasteiger partial charge in [-0.05, 0) is 97.7 Å². The number of rotatable bonds is 3. The molecule has 0 aliphatic heterocycles. The normalized spacial score (nSPS) is 50.2. The van der Waals surface area contributed by atoms with Crippen molar-refractivity contribution in [2.24, 2.45) is 46.3 Å². The van der Waals surface area contributed by atoms with E-state index in [1.807, 2.05) is 0 Å². The molecule has 0 unspecified atom stereocenters. The zero-order valence-corrected chi connectivity index (χ0v) is 18.9. The molecule has 0 bridgehead atoms. The third-order valence-corrected chi connectivity index (χ3v) is 10.1. The molecule has 0 amide bonds. The third-order valence-electron chi connectivity index (χ3n) is 10.1. The zero-order valence-electron chi connectivity index (χ0n) is 17.3. The Morgan fingerprint density at radius 1 is 0.840 bits per heavy atom. The Morgan fingerprint density at radius 2 is 1.60 bits per heavy atom. The van der Waals surface area contributed by atoms with Crippen molar-refractivity contribution >= 4 is 0 Å². The topological polar surface area (TPSA) is 0 Å². The van der Waals surface area contributed by atoms with E-state index in [1.165, 1.54) is 25.7 Å². The first-order chi connectivity index (χ1) is 11.5. The first kappa shape index (κ1) is 20.2. The van der Waals surface area contributed by atoms with Crippen LogP contribution in [0, 0.1) is 46.3 Å².